The average molecular weight is 422 g/mol. The van der Waals surface area contributed by atoms with Gasteiger partial charge in [-0.3, -0.25) is 14.6 Å². The van der Waals surface area contributed by atoms with Crippen molar-refractivity contribution in [2.75, 3.05) is 46.1 Å². The quantitative estimate of drug-likeness (QED) is 0.743. The maximum Gasteiger partial charge on any atom is 0.231 e. The van der Waals surface area contributed by atoms with Gasteiger partial charge >= 0.3 is 0 Å². The molecule has 3 aliphatic rings. The third-order valence-electron chi connectivity index (χ3n) is 6.71. The fourth-order valence-electron chi connectivity index (χ4n) is 4.86. The molecule has 0 spiro atoms. The van der Waals surface area contributed by atoms with Gasteiger partial charge in [0.15, 0.2) is 11.5 Å². The summed E-state index contributed by atoms with van der Waals surface area (Å²) in [6, 6.07) is 16.8. The normalized spacial score (nSPS) is 20.2. The van der Waals surface area contributed by atoms with Crippen LogP contribution in [0.4, 0.5) is 0 Å². The molecule has 0 bridgehead atoms. The number of likely N-dealkylation sites (tertiary alicyclic amines) is 1. The van der Waals surface area contributed by atoms with E-state index >= 15 is 0 Å². The molecule has 5 rings (SSSR count). The van der Waals surface area contributed by atoms with Gasteiger partial charge in [0, 0.05) is 45.2 Å². The van der Waals surface area contributed by atoms with Crippen LogP contribution in [-0.4, -0.2) is 66.7 Å². The Kier molecular flexibility index (Phi) is 6.09. The van der Waals surface area contributed by atoms with Crippen molar-refractivity contribution < 1.29 is 14.3 Å². The molecule has 3 heterocycles. The van der Waals surface area contributed by atoms with E-state index in [0.29, 0.717) is 12.7 Å². The van der Waals surface area contributed by atoms with E-state index in [1.165, 1.54) is 11.1 Å². The summed E-state index contributed by atoms with van der Waals surface area (Å²) in [5, 5.41) is 0. The highest BCUT2D eigenvalue weighted by Gasteiger charge is 2.30. The third-order valence-corrected chi connectivity index (χ3v) is 6.71. The summed E-state index contributed by atoms with van der Waals surface area (Å²) in [6.45, 7) is 7.70. The molecule has 0 saturated carbocycles. The van der Waals surface area contributed by atoms with Crippen LogP contribution in [0.15, 0.2) is 48.5 Å². The van der Waals surface area contributed by atoms with Crippen molar-refractivity contribution in [1.29, 1.82) is 0 Å². The van der Waals surface area contributed by atoms with Crippen molar-refractivity contribution in [3.8, 4) is 11.5 Å². The van der Waals surface area contributed by atoms with E-state index in [9.17, 15) is 4.79 Å². The lowest BCUT2D eigenvalue weighted by Gasteiger charge is -2.38. The second-order valence-electron chi connectivity index (χ2n) is 8.83. The molecule has 0 aromatic heterocycles. The van der Waals surface area contributed by atoms with E-state index < -0.39 is 0 Å². The lowest BCUT2D eigenvalue weighted by molar-refractivity contribution is -0.139. The zero-order valence-corrected chi connectivity index (χ0v) is 18.0. The number of piperazine rings is 1. The molecule has 6 heteroatoms. The summed E-state index contributed by atoms with van der Waals surface area (Å²) in [7, 11) is 0. The first-order chi connectivity index (χ1) is 15.2. The third kappa shape index (κ3) is 4.86. The number of fused-ring (bicyclic) bond motifs is 1. The van der Waals surface area contributed by atoms with E-state index in [-0.39, 0.29) is 5.92 Å². The molecule has 2 saturated heterocycles. The summed E-state index contributed by atoms with van der Waals surface area (Å²) in [4.78, 5) is 20.1. The van der Waals surface area contributed by atoms with Crippen LogP contribution in [0.3, 0.4) is 0 Å². The molecule has 0 N–H and O–H groups in total. The molecule has 0 aliphatic carbocycles. The van der Waals surface area contributed by atoms with Gasteiger partial charge in [-0.25, -0.2) is 0 Å². The first-order valence-electron chi connectivity index (χ1n) is 11.4. The molecule has 0 radical (unpaired) electrons. The van der Waals surface area contributed by atoms with Gasteiger partial charge in [-0.05, 0) is 49.2 Å². The number of hydrogen-bond donors (Lipinski definition) is 0. The zero-order valence-electron chi connectivity index (χ0n) is 18.0. The molecule has 2 aromatic rings. The van der Waals surface area contributed by atoms with Gasteiger partial charge in [-0.2, -0.15) is 0 Å². The largest absolute Gasteiger partial charge is 0.454 e. The van der Waals surface area contributed by atoms with Gasteiger partial charge in [0.05, 0.1) is 0 Å². The summed E-state index contributed by atoms with van der Waals surface area (Å²) >= 11 is 0. The predicted molar refractivity (Wildman–Crippen MR) is 119 cm³/mol. The zero-order chi connectivity index (χ0) is 21.0. The van der Waals surface area contributed by atoms with Crippen molar-refractivity contribution in [1.82, 2.24) is 14.7 Å². The molecule has 3 aliphatic heterocycles. The summed E-state index contributed by atoms with van der Waals surface area (Å²) in [5.74, 6) is 2.22. The molecule has 164 valence electrons. The Labute approximate surface area is 184 Å². The molecule has 0 atom stereocenters. The predicted octanol–water partition coefficient (Wildman–Crippen LogP) is 2.97. The Hall–Kier alpha value is -2.57. The molecule has 2 aromatic carbocycles. The van der Waals surface area contributed by atoms with E-state index in [0.717, 1.165) is 76.7 Å². The van der Waals surface area contributed by atoms with Gasteiger partial charge in [0.2, 0.25) is 12.7 Å². The van der Waals surface area contributed by atoms with Gasteiger partial charge in [0.1, 0.15) is 0 Å². The van der Waals surface area contributed by atoms with Crippen molar-refractivity contribution >= 4 is 5.91 Å². The number of carbonyl (C=O) groups is 1. The van der Waals surface area contributed by atoms with Crippen LogP contribution in [0.5, 0.6) is 11.5 Å². The highest BCUT2D eigenvalue weighted by molar-refractivity contribution is 5.79. The van der Waals surface area contributed by atoms with Crippen LogP contribution in [0.25, 0.3) is 0 Å². The van der Waals surface area contributed by atoms with Crippen molar-refractivity contribution in [2.24, 2.45) is 5.92 Å². The van der Waals surface area contributed by atoms with E-state index in [2.05, 4.69) is 57.2 Å². The van der Waals surface area contributed by atoms with Crippen LogP contribution in [0, 0.1) is 5.92 Å². The summed E-state index contributed by atoms with van der Waals surface area (Å²) in [6.07, 6.45) is 1.95. The number of amides is 1. The van der Waals surface area contributed by atoms with Crippen LogP contribution in [-0.2, 0) is 17.9 Å². The van der Waals surface area contributed by atoms with Gasteiger partial charge < -0.3 is 14.4 Å². The Morgan fingerprint density at radius 1 is 0.774 bits per heavy atom. The molecule has 1 amide bonds. The summed E-state index contributed by atoms with van der Waals surface area (Å²) in [5.41, 5.74) is 2.58. The Balaban J connectivity index is 1.07. The number of ether oxygens (including phenoxy) is 2. The van der Waals surface area contributed by atoms with Crippen LogP contribution in [0.1, 0.15) is 24.0 Å². The Morgan fingerprint density at radius 3 is 2.23 bits per heavy atom. The standard InChI is InChI=1S/C25H31N3O3/c29-25(22-8-10-26(11-9-22)17-20-4-2-1-3-5-20)28-14-12-27(13-15-28)18-21-6-7-23-24(16-21)31-19-30-23/h1-7,16,22H,8-15,17-19H2. The Morgan fingerprint density at radius 2 is 1.45 bits per heavy atom. The van der Waals surface area contributed by atoms with E-state index in [1.54, 1.807) is 0 Å². The van der Waals surface area contributed by atoms with Crippen LogP contribution >= 0.6 is 0 Å². The Bertz CT molecular complexity index is 888. The number of rotatable bonds is 5. The second kappa shape index (κ2) is 9.28. The first-order valence-corrected chi connectivity index (χ1v) is 11.4. The fraction of sp³-hybridized carbons (Fsp3) is 0.480. The molecule has 2 fully saturated rings. The second-order valence-corrected chi connectivity index (χ2v) is 8.83. The monoisotopic (exact) mass is 421 g/mol. The molecule has 0 unspecified atom stereocenters. The maximum atomic E-state index is 13.1. The number of carbonyl (C=O) groups excluding carboxylic acids is 1. The van der Waals surface area contributed by atoms with E-state index in [4.69, 9.17) is 9.47 Å². The molecular formula is C25H31N3O3. The van der Waals surface area contributed by atoms with Gasteiger partial charge in [-0.15, -0.1) is 0 Å². The van der Waals surface area contributed by atoms with Gasteiger partial charge in [-0.1, -0.05) is 36.4 Å². The highest BCUT2D eigenvalue weighted by atomic mass is 16.7. The average Bonchev–Trinajstić information content (AvgIpc) is 3.28. The van der Waals surface area contributed by atoms with Crippen molar-refractivity contribution in [3.63, 3.8) is 0 Å². The minimum Gasteiger partial charge on any atom is -0.454 e. The number of piperidine rings is 1. The number of benzene rings is 2. The lowest BCUT2D eigenvalue weighted by atomic mass is 9.94. The molecule has 6 nitrogen and oxygen atoms in total. The van der Waals surface area contributed by atoms with Crippen LogP contribution < -0.4 is 9.47 Å². The maximum absolute atomic E-state index is 13.1. The smallest absolute Gasteiger partial charge is 0.231 e. The fourth-order valence-corrected chi connectivity index (χ4v) is 4.86. The molecular weight excluding hydrogens is 390 g/mol. The number of nitrogens with zero attached hydrogens (tertiary/aromatic N) is 3. The van der Waals surface area contributed by atoms with Crippen molar-refractivity contribution in [2.45, 2.75) is 25.9 Å². The SMILES string of the molecule is O=C(C1CCN(Cc2ccccc2)CC1)N1CCN(Cc2ccc3c(c2)OCO3)CC1. The lowest BCUT2D eigenvalue weighted by Crippen LogP contribution is -2.51. The van der Waals surface area contributed by atoms with Crippen molar-refractivity contribution in [3.05, 3.63) is 59.7 Å². The van der Waals surface area contributed by atoms with Crippen LogP contribution in [0.2, 0.25) is 0 Å². The topological polar surface area (TPSA) is 45.3 Å². The highest BCUT2D eigenvalue weighted by Crippen LogP contribution is 2.33. The number of hydrogen-bond acceptors (Lipinski definition) is 5. The summed E-state index contributed by atoms with van der Waals surface area (Å²) < 4.78 is 10.9. The minimum atomic E-state index is 0.187. The molecule has 31 heavy (non-hydrogen) atoms. The first kappa shape index (κ1) is 20.3. The van der Waals surface area contributed by atoms with E-state index in [1.807, 2.05) is 6.07 Å². The van der Waals surface area contributed by atoms with Gasteiger partial charge in [0.25, 0.3) is 0 Å². The minimum absolute atomic E-state index is 0.187.